The van der Waals surface area contributed by atoms with Crippen LogP contribution in [-0.2, 0) is 16.6 Å². The van der Waals surface area contributed by atoms with Gasteiger partial charge in [-0.05, 0) is 44.1 Å². The lowest BCUT2D eigenvalue weighted by Crippen LogP contribution is -2.36. The number of nitrogens with one attached hydrogen (secondary N) is 1. The third kappa shape index (κ3) is 4.95. The smallest absolute Gasteiger partial charge is 0.256 e. The van der Waals surface area contributed by atoms with Gasteiger partial charge in [-0.25, -0.2) is 8.42 Å². The first-order valence-corrected chi connectivity index (χ1v) is 12.6. The third-order valence-corrected chi connectivity index (χ3v) is 7.92. The van der Waals surface area contributed by atoms with Gasteiger partial charge in [0.15, 0.2) is 0 Å². The van der Waals surface area contributed by atoms with Crippen molar-refractivity contribution in [1.82, 2.24) is 19.1 Å². The van der Waals surface area contributed by atoms with E-state index in [2.05, 4.69) is 16.8 Å². The molecule has 2 aromatic rings. The van der Waals surface area contributed by atoms with E-state index in [0.717, 1.165) is 19.6 Å². The number of carbonyl (C=O) groups is 1. The van der Waals surface area contributed by atoms with E-state index in [9.17, 15) is 18.0 Å². The van der Waals surface area contributed by atoms with Crippen molar-refractivity contribution in [3.63, 3.8) is 0 Å². The number of aromatic nitrogens is 1. The number of hydrogen-bond acceptors (Lipinski definition) is 5. The maximum atomic E-state index is 13.2. The maximum Gasteiger partial charge on any atom is 0.256 e. The molecule has 0 saturated carbocycles. The molecule has 1 fully saturated rings. The van der Waals surface area contributed by atoms with Gasteiger partial charge in [-0.15, -0.1) is 6.58 Å². The Morgan fingerprint density at radius 3 is 2.53 bits per heavy atom. The summed E-state index contributed by atoms with van der Waals surface area (Å²) >= 11 is 0. The molecule has 8 nitrogen and oxygen atoms in total. The lowest BCUT2D eigenvalue weighted by molar-refractivity contribution is 0.0948. The first kappa shape index (κ1) is 24.2. The minimum Gasteiger partial charge on any atom is -0.351 e. The summed E-state index contributed by atoms with van der Waals surface area (Å²) in [6.07, 6.45) is 5.53. The number of likely N-dealkylation sites (tertiary alicyclic amines) is 1. The van der Waals surface area contributed by atoms with Crippen molar-refractivity contribution in [2.24, 2.45) is 0 Å². The molecule has 3 rings (SSSR count). The number of rotatable bonds is 10. The van der Waals surface area contributed by atoms with Crippen molar-refractivity contribution in [1.29, 1.82) is 0 Å². The van der Waals surface area contributed by atoms with Crippen LogP contribution < -0.4 is 10.7 Å². The summed E-state index contributed by atoms with van der Waals surface area (Å²) in [6, 6.07) is 4.50. The normalized spacial score (nSPS) is 14.8. The van der Waals surface area contributed by atoms with Crippen LogP contribution >= 0.6 is 0 Å². The molecule has 0 radical (unpaired) electrons. The van der Waals surface area contributed by atoms with Crippen LogP contribution in [0.25, 0.3) is 10.9 Å². The van der Waals surface area contributed by atoms with Gasteiger partial charge in [0.2, 0.25) is 15.5 Å². The van der Waals surface area contributed by atoms with Gasteiger partial charge in [0, 0.05) is 44.3 Å². The van der Waals surface area contributed by atoms with Crippen molar-refractivity contribution in [3.8, 4) is 0 Å². The molecule has 0 bridgehead atoms. The Morgan fingerprint density at radius 1 is 1.22 bits per heavy atom. The minimum atomic E-state index is -3.73. The molecule has 174 valence electrons. The molecule has 32 heavy (non-hydrogen) atoms. The number of benzene rings is 1. The van der Waals surface area contributed by atoms with Gasteiger partial charge in [0.1, 0.15) is 5.56 Å². The van der Waals surface area contributed by atoms with Crippen molar-refractivity contribution in [2.75, 3.05) is 39.3 Å². The second-order valence-electron chi connectivity index (χ2n) is 7.89. The summed E-state index contributed by atoms with van der Waals surface area (Å²) in [4.78, 5) is 28.4. The van der Waals surface area contributed by atoms with E-state index < -0.39 is 21.4 Å². The number of pyridine rings is 1. The summed E-state index contributed by atoms with van der Waals surface area (Å²) < 4.78 is 29.0. The molecule has 0 atom stereocenters. The van der Waals surface area contributed by atoms with E-state index in [-0.39, 0.29) is 15.8 Å². The molecule has 1 aromatic carbocycles. The SMILES string of the molecule is C=CCn1cc(C(=O)NCCN2CCCC2)c(=O)c2cc(S(=O)(=O)N(CC)CC)ccc21. The molecule has 1 N–H and O–H groups in total. The Balaban J connectivity index is 1.99. The second-order valence-corrected chi connectivity index (χ2v) is 9.82. The van der Waals surface area contributed by atoms with Crippen molar-refractivity contribution < 1.29 is 13.2 Å². The highest BCUT2D eigenvalue weighted by atomic mass is 32.2. The molecule has 1 amide bonds. The molecular weight excluding hydrogens is 428 g/mol. The Kier molecular flexibility index (Phi) is 7.86. The quantitative estimate of drug-likeness (QED) is 0.548. The van der Waals surface area contributed by atoms with Crippen LogP contribution in [0.5, 0.6) is 0 Å². The predicted molar refractivity (Wildman–Crippen MR) is 127 cm³/mol. The lowest BCUT2D eigenvalue weighted by atomic mass is 10.1. The van der Waals surface area contributed by atoms with Gasteiger partial charge in [0.05, 0.1) is 10.4 Å². The van der Waals surface area contributed by atoms with Crippen LogP contribution in [0.1, 0.15) is 37.0 Å². The Hall–Kier alpha value is -2.49. The van der Waals surface area contributed by atoms with Crippen LogP contribution in [0.2, 0.25) is 0 Å². The zero-order valence-electron chi connectivity index (χ0n) is 18.8. The van der Waals surface area contributed by atoms with Crippen LogP contribution in [0.3, 0.4) is 0 Å². The molecule has 1 aliphatic rings. The van der Waals surface area contributed by atoms with Gasteiger partial charge in [-0.1, -0.05) is 19.9 Å². The van der Waals surface area contributed by atoms with Gasteiger partial charge < -0.3 is 14.8 Å². The molecule has 0 unspecified atom stereocenters. The van der Waals surface area contributed by atoms with Crippen molar-refractivity contribution in [3.05, 3.63) is 52.8 Å². The first-order chi connectivity index (χ1) is 15.3. The maximum absolute atomic E-state index is 13.2. The molecule has 0 spiro atoms. The molecular formula is C23H32N4O4S. The van der Waals surface area contributed by atoms with E-state index in [1.165, 1.54) is 35.5 Å². The average molecular weight is 461 g/mol. The van der Waals surface area contributed by atoms with Gasteiger partial charge >= 0.3 is 0 Å². The fourth-order valence-corrected chi connectivity index (χ4v) is 5.62. The summed E-state index contributed by atoms with van der Waals surface area (Å²) in [6.45, 7) is 11.6. The molecule has 0 aliphatic carbocycles. The zero-order valence-corrected chi connectivity index (χ0v) is 19.7. The summed E-state index contributed by atoms with van der Waals surface area (Å²) in [5, 5.41) is 3.04. The standard InChI is InChI=1S/C23H32N4O4S/c1-4-12-26-17-20(23(29)24-11-15-25-13-7-8-14-25)22(28)19-16-18(9-10-21(19)26)32(30,31)27(5-2)6-3/h4,9-10,16-17H,1,5-8,11-15H2,2-3H3,(H,24,29). The Bertz CT molecular complexity index is 1150. The Morgan fingerprint density at radius 2 is 1.91 bits per heavy atom. The topological polar surface area (TPSA) is 91.7 Å². The number of sulfonamides is 1. The highest BCUT2D eigenvalue weighted by molar-refractivity contribution is 7.89. The predicted octanol–water partition coefficient (Wildman–Crippen LogP) is 2.04. The number of allylic oxidation sites excluding steroid dienone is 1. The van der Waals surface area contributed by atoms with Gasteiger partial charge in [-0.2, -0.15) is 4.31 Å². The van der Waals surface area contributed by atoms with Crippen LogP contribution in [-0.4, -0.2) is 67.4 Å². The number of fused-ring (bicyclic) bond motifs is 1. The molecule has 1 aliphatic heterocycles. The van der Waals surface area contributed by atoms with E-state index in [4.69, 9.17) is 0 Å². The van der Waals surface area contributed by atoms with Crippen molar-refractivity contribution >= 4 is 26.8 Å². The Labute approximate surface area is 189 Å². The molecule has 9 heteroatoms. The number of hydrogen-bond donors (Lipinski definition) is 1. The van der Waals surface area contributed by atoms with Gasteiger partial charge in [0.25, 0.3) is 5.91 Å². The average Bonchev–Trinajstić information content (AvgIpc) is 3.29. The highest BCUT2D eigenvalue weighted by Gasteiger charge is 2.23. The van der Waals surface area contributed by atoms with Crippen molar-refractivity contribution in [2.45, 2.75) is 38.1 Å². The lowest BCUT2D eigenvalue weighted by Gasteiger charge is -2.19. The summed E-state index contributed by atoms with van der Waals surface area (Å²) in [5.74, 6) is -0.453. The third-order valence-electron chi connectivity index (χ3n) is 5.88. The van der Waals surface area contributed by atoms with Gasteiger partial charge in [-0.3, -0.25) is 9.59 Å². The van der Waals surface area contributed by atoms with Crippen LogP contribution in [0, 0.1) is 0 Å². The van der Waals surface area contributed by atoms with E-state index in [1.54, 1.807) is 30.6 Å². The number of carbonyl (C=O) groups excluding carboxylic acids is 1. The molecule has 1 aromatic heterocycles. The van der Waals surface area contributed by atoms with E-state index >= 15 is 0 Å². The van der Waals surface area contributed by atoms with Crippen LogP contribution in [0.4, 0.5) is 0 Å². The zero-order chi connectivity index (χ0) is 23.3. The molecule has 1 saturated heterocycles. The summed E-state index contributed by atoms with van der Waals surface area (Å²) in [7, 11) is -3.73. The summed E-state index contributed by atoms with van der Waals surface area (Å²) in [5.41, 5.74) is 0.0794. The first-order valence-electron chi connectivity index (χ1n) is 11.1. The number of nitrogens with zero attached hydrogens (tertiary/aromatic N) is 3. The fraction of sp³-hybridized carbons (Fsp3) is 0.478. The monoisotopic (exact) mass is 460 g/mol. The van der Waals surface area contributed by atoms with Crippen LogP contribution in [0.15, 0.2) is 46.7 Å². The molecule has 2 heterocycles. The second kappa shape index (κ2) is 10.4. The highest BCUT2D eigenvalue weighted by Crippen LogP contribution is 2.21. The van der Waals surface area contributed by atoms with E-state index in [1.807, 2.05) is 0 Å². The van der Waals surface area contributed by atoms with E-state index in [0.29, 0.717) is 31.7 Å². The minimum absolute atomic E-state index is 0.00170. The largest absolute Gasteiger partial charge is 0.351 e. The fourth-order valence-electron chi connectivity index (χ4n) is 4.13. The number of amides is 1.